The molecule has 24 heavy (non-hydrogen) atoms. The van der Waals surface area contributed by atoms with Crippen LogP contribution in [-0.2, 0) is 18.3 Å². The zero-order valence-electron chi connectivity index (χ0n) is 14.4. The van der Waals surface area contributed by atoms with Crippen molar-refractivity contribution in [2.75, 3.05) is 18.4 Å². The van der Waals surface area contributed by atoms with Gasteiger partial charge in [-0.3, -0.25) is 9.48 Å². The van der Waals surface area contributed by atoms with Gasteiger partial charge in [-0.1, -0.05) is 25.1 Å². The summed E-state index contributed by atoms with van der Waals surface area (Å²) >= 11 is 0. The molecular formula is C18H25ClN4O. The Morgan fingerprint density at radius 1 is 1.42 bits per heavy atom. The highest BCUT2D eigenvalue weighted by molar-refractivity contribution is 5.95. The first kappa shape index (κ1) is 18.5. The monoisotopic (exact) mass is 348 g/mol. The molecule has 2 atom stereocenters. The zero-order valence-corrected chi connectivity index (χ0v) is 15.2. The van der Waals surface area contributed by atoms with Gasteiger partial charge in [-0.05, 0) is 30.0 Å². The second-order valence-corrected chi connectivity index (χ2v) is 6.27. The van der Waals surface area contributed by atoms with Crippen LogP contribution in [0.15, 0.2) is 30.6 Å². The van der Waals surface area contributed by atoms with Crippen molar-refractivity contribution in [3.8, 4) is 0 Å². The molecule has 2 aromatic rings. The number of amides is 1. The molecular weight excluding hydrogens is 324 g/mol. The van der Waals surface area contributed by atoms with E-state index in [-0.39, 0.29) is 30.2 Å². The van der Waals surface area contributed by atoms with Gasteiger partial charge in [0.1, 0.15) is 0 Å². The number of carbonyl (C=O) groups is 1. The van der Waals surface area contributed by atoms with Gasteiger partial charge in [0.2, 0.25) is 5.91 Å². The van der Waals surface area contributed by atoms with E-state index in [4.69, 9.17) is 0 Å². The standard InChI is InChI=1S/C18H24N4O.ClH/c1-4-13-7-5-6-12(2)17(13)21-18(23)16-10-19-9-15(16)14-8-20-22(3)11-14;/h5-8,11,15-16,19H,4,9-10H2,1-3H3,(H,21,23);1H/t15-,16+;/m1./s1. The summed E-state index contributed by atoms with van der Waals surface area (Å²) in [5.41, 5.74) is 4.39. The Labute approximate surface area is 149 Å². The van der Waals surface area contributed by atoms with E-state index >= 15 is 0 Å². The molecule has 0 radical (unpaired) electrons. The van der Waals surface area contributed by atoms with Crippen LogP contribution >= 0.6 is 12.4 Å². The second kappa shape index (κ2) is 7.81. The van der Waals surface area contributed by atoms with Gasteiger partial charge in [0.25, 0.3) is 0 Å². The molecule has 5 nitrogen and oxygen atoms in total. The number of nitrogens with one attached hydrogen (secondary N) is 2. The van der Waals surface area contributed by atoms with Gasteiger partial charge in [0, 0.05) is 37.9 Å². The molecule has 130 valence electrons. The topological polar surface area (TPSA) is 59.0 Å². The molecule has 6 heteroatoms. The minimum absolute atomic E-state index is 0. The maximum Gasteiger partial charge on any atom is 0.229 e. The largest absolute Gasteiger partial charge is 0.325 e. The molecule has 0 aliphatic carbocycles. The summed E-state index contributed by atoms with van der Waals surface area (Å²) in [6, 6.07) is 6.16. The van der Waals surface area contributed by atoms with Gasteiger partial charge in [0.15, 0.2) is 0 Å². The predicted octanol–water partition coefficient (Wildman–Crippen LogP) is 2.65. The summed E-state index contributed by atoms with van der Waals surface area (Å²) in [4.78, 5) is 12.8. The molecule has 2 heterocycles. The van der Waals surface area contributed by atoms with Crippen LogP contribution in [0.2, 0.25) is 0 Å². The molecule has 1 fully saturated rings. The highest BCUT2D eigenvalue weighted by Gasteiger charge is 2.35. The van der Waals surface area contributed by atoms with Crippen LogP contribution in [0.4, 0.5) is 5.69 Å². The summed E-state index contributed by atoms with van der Waals surface area (Å²) in [6.07, 6.45) is 4.78. The maximum absolute atomic E-state index is 12.8. The SMILES string of the molecule is CCc1cccc(C)c1NC(=O)[C@H]1CNC[C@@H]1c1cnn(C)c1.Cl. The van der Waals surface area contributed by atoms with Crippen molar-refractivity contribution in [2.24, 2.45) is 13.0 Å². The van der Waals surface area contributed by atoms with E-state index in [1.165, 1.54) is 5.56 Å². The molecule has 3 rings (SSSR count). The van der Waals surface area contributed by atoms with E-state index in [0.717, 1.165) is 29.8 Å². The van der Waals surface area contributed by atoms with E-state index in [1.807, 2.05) is 38.5 Å². The van der Waals surface area contributed by atoms with E-state index in [9.17, 15) is 4.79 Å². The average molecular weight is 349 g/mol. The van der Waals surface area contributed by atoms with Crippen molar-refractivity contribution in [3.05, 3.63) is 47.3 Å². The Morgan fingerprint density at radius 3 is 2.88 bits per heavy atom. The highest BCUT2D eigenvalue weighted by Crippen LogP contribution is 2.30. The number of benzene rings is 1. The summed E-state index contributed by atoms with van der Waals surface area (Å²) in [6.45, 7) is 5.68. The van der Waals surface area contributed by atoms with Crippen LogP contribution in [0.25, 0.3) is 0 Å². The first-order valence-corrected chi connectivity index (χ1v) is 8.18. The Balaban J connectivity index is 0.00000208. The lowest BCUT2D eigenvalue weighted by atomic mass is 9.90. The van der Waals surface area contributed by atoms with Gasteiger partial charge in [-0.25, -0.2) is 0 Å². The van der Waals surface area contributed by atoms with Crippen LogP contribution in [-0.4, -0.2) is 28.8 Å². The normalized spacial score (nSPS) is 19.8. The van der Waals surface area contributed by atoms with Gasteiger partial charge >= 0.3 is 0 Å². The van der Waals surface area contributed by atoms with Crippen molar-refractivity contribution < 1.29 is 4.79 Å². The number of hydrogen-bond acceptors (Lipinski definition) is 3. The summed E-state index contributed by atoms with van der Waals surface area (Å²) in [5.74, 6) is 0.203. The maximum atomic E-state index is 12.8. The number of aryl methyl sites for hydroxylation is 3. The molecule has 0 spiro atoms. The van der Waals surface area contributed by atoms with E-state index in [1.54, 1.807) is 4.68 Å². The zero-order chi connectivity index (χ0) is 16.4. The lowest BCUT2D eigenvalue weighted by molar-refractivity contribution is -0.119. The number of para-hydroxylation sites is 1. The molecule has 1 aliphatic heterocycles. The number of rotatable bonds is 4. The Hall–Kier alpha value is -1.85. The second-order valence-electron chi connectivity index (χ2n) is 6.27. The van der Waals surface area contributed by atoms with Gasteiger partial charge in [-0.15, -0.1) is 12.4 Å². The fourth-order valence-corrected chi connectivity index (χ4v) is 3.35. The van der Waals surface area contributed by atoms with Crippen molar-refractivity contribution in [2.45, 2.75) is 26.2 Å². The van der Waals surface area contributed by atoms with Crippen LogP contribution < -0.4 is 10.6 Å². The van der Waals surface area contributed by atoms with Gasteiger partial charge < -0.3 is 10.6 Å². The van der Waals surface area contributed by atoms with Crippen molar-refractivity contribution >= 4 is 24.0 Å². The minimum atomic E-state index is -0.0662. The number of anilines is 1. The third-order valence-corrected chi connectivity index (χ3v) is 4.69. The Morgan fingerprint density at radius 2 is 2.21 bits per heavy atom. The Bertz CT molecular complexity index is 713. The fraction of sp³-hybridized carbons (Fsp3) is 0.444. The van der Waals surface area contributed by atoms with Crippen molar-refractivity contribution in [1.29, 1.82) is 0 Å². The smallest absolute Gasteiger partial charge is 0.229 e. The lowest BCUT2D eigenvalue weighted by Crippen LogP contribution is -2.28. The third kappa shape index (κ3) is 3.62. The number of hydrogen-bond donors (Lipinski definition) is 2. The molecule has 2 N–H and O–H groups in total. The summed E-state index contributed by atoms with van der Waals surface area (Å²) in [7, 11) is 1.90. The predicted molar refractivity (Wildman–Crippen MR) is 98.7 cm³/mol. The molecule has 1 aromatic heterocycles. The van der Waals surface area contributed by atoms with Crippen molar-refractivity contribution in [1.82, 2.24) is 15.1 Å². The average Bonchev–Trinajstić information content (AvgIpc) is 3.17. The first-order valence-electron chi connectivity index (χ1n) is 8.18. The van der Waals surface area contributed by atoms with Gasteiger partial charge in [0.05, 0.1) is 12.1 Å². The van der Waals surface area contributed by atoms with E-state index in [2.05, 4.69) is 28.7 Å². The molecule has 1 aliphatic rings. The number of carbonyl (C=O) groups excluding carboxylic acids is 1. The highest BCUT2D eigenvalue weighted by atomic mass is 35.5. The molecule has 0 bridgehead atoms. The third-order valence-electron chi connectivity index (χ3n) is 4.69. The molecule has 0 saturated carbocycles. The van der Waals surface area contributed by atoms with E-state index < -0.39 is 0 Å². The van der Waals surface area contributed by atoms with E-state index in [0.29, 0.717) is 6.54 Å². The van der Waals surface area contributed by atoms with Crippen LogP contribution in [0, 0.1) is 12.8 Å². The molecule has 1 saturated heterocycles. The van der Waals surface area contributed by atoms with Gasteiger partial charge in [-0.2, -0.15) is 5.10 Å². The summed E-state index contributed by atoms with van der Waals surface area (Å²) < 4.78 is 1.79. The number of halogens is 1. The summed E-state index contributed by atoms with van der Waals surface area (Å²) in [5, 5.41) is 10.8. The van der Waals surface area contributed by atoms with Crippen molar-refractivity contribution in [3.63, 3.8) is 0 Å². The number of aromatic nitrogens is 2. The number of nitrogens with zero attached hydrogens (tertiary/aromatic N) is 2. The molecule has 1 amide bonds. The molecule has 0 unspecified atom stereocenters. The molecule has 1 aromatic carbocycles. The lowest BCUT2D eigenvalue weighted by Gasteiger charge is -2.19. The van der Waals surface area contributed by atoms with Crippen LogP contribution in [0.3, 0.4) is 0 Å². The first-order chi connectivity index (χ1) is 11.1. The van der Waals surface area contributed by atoms with Crippen LogP contribution in [0.1, 0.15) is 29.5 Å². The fourth-order valence-electron chi connectivity index (χ4n) is 3.35. The quantitative estimate of drug-likeness (QED) is 0.893. The Kier molecular flexibility index (Phi) is 6.02. The van der Waals surface area contributed by atoms with Crippen LogP contribution in [0.5, 0.6) is 0 Å². The minimum Gasteiger partial charge on any atom is -0.325 e.